The largest absolute Gasteiger partial charge is 0.344 e. The van der Waals surface area contributed by atoms with Gasteiger partial charge in [-0.1, -0.05) is 43.1 Å². The molecule has 1 saturated carbocycles. The Kier molecular flexibility index (Phi) is 7.77. The van der Waals surface area contributed by atoms with Gasteiger partial charge in [0, 0.05) is 30.2 Å². The van der Waals surface area contributed by atoms with Gasteiger partial charge < -0.3 is 15.1 Å². The Morgan fingerprint density at radius 3 is 2.29 bits per heavy atom. The molecule has 1 aliphatic rings. The van der Waals surface area contributed by atoms with E-state index in [9.17, 15) is 9.59 Å². The summed E-state index contributed by atoms with van der Waals surface area (Å²) in [6.45, 7) is 5.49. The molecule has 0 saturated heterocycles. The molecule has 0 radical (unpaired) electrons. The number of halogens is 2. The van der Waals surface area contributed by atoms with E-state index in [-0.39, 0.29) is 17.7 Å². The molecular formula is C21H31Cl2N3O2. The van der Waals surface area contributed by atoms with E-state index in [1.54, 1.807) is 24.1 Å². The van der Waals surface area contributed by atoms with Crippen LogP contribution in [-0.2, 0) is 15.0 Å². The first-order valence-corrected chi connectivity index (χ1v) is 10.5. The van der Waals surface area contributed by atoms with Gasteiger partial charge in [-0.3, -0.25) is 9.59 Å². The van der Waals surface area contributed by atoms with Crippen LogP contribution in [0.15, 0.2) is 18.2 Å². The molecule has 7 heteroatoms. The lowest BCUT2D eigenvalue weighted by Gasteiger charge is -2.28. The lowest BCUT2D eigenvalue weighted by atomic mass is 9.93. The zero-order valence-electron chi connectivity index (χ0n) is 17.4. The summed E-state index contributed by atoms with van der Waals surface area (Å²) in [5.41, 5.74) is 0.132. The van der Waals surface area contributed by atoms with Crippen molar-refractivity contribution in [2.24, 2.45) is 5.92 Å². The van der Waals surface area contributed by atoms with Gasteiger partial charge in [0.1, 0.15) is 6.04 Å². The minimum absolute atomic E-state index is 0.0538. The number of carbonyl (C=O) groups is 2. The molecule has 2 rings (SSSR count). The highest BCUT2D eigenvalue weighted by Gasteiger charge is 2.53. The molecule has 0 bridgehead atoms. The number of hydrogen-bond acceptors (Lipinski definition) is 3. The lowest BCUT2D eigenvalue weighted by Crippen LogP contribution is -2.51. The molecule has 1 fully saturated rings. The third-order valence-corrected chi connectivity index (χ3v) is 5.75. The maximum Gasteiger partial charge on any atom is 0.244 e. The van der Waals surface area contributed by atoms with Gasteiger partial charge in [0.2, 0.25) is 11.8 Å². The molecule has 0 spiro atoms. The molecule has 5 nitrogen and oxygen atoms in total. The second-order valence-corrected chi connectivity index (χ2v) is 9.27. The summed E-state index contributed by atoms with van der Waals surface area (Å²) in [5, 5.41) is 4.06. The second-order valence-electron chi connectivity index (χ2n) is 8.42. The van der Waals surface area contributed by atoms with Gasteiger partial charge in [-0.25, -0.2) is 0 Å². The van der Waals surface area contributed by atoms with Crippen molar-refractivity contribution < 1.29 is 9.59 Å². The number of carbonyl (C=O) groups excluding carboxylic acids is 2. The van der Waals surface area contributed by atoms with Crippen molar-refractivity contribution in [2.45, 2.75) is 44.6 Å². The summed E-state index contributed by atoms with van der Waals surface area (Å²) in [4.78, 5) is 29.9. The van der Waals surface area contributed by atoms with Gasteiger partial charge in [-0.15, -0.1) is 0 Å². The van der Waals surface area contributed by atoms with E-state index in [0.29, 0.717) is 23.0 Å². The molecule has 0 unspecified atom stereocenters. The number of benzene rings is 1. The van der Waals surface area contributed by atoms with E-state index in [4.69, 9.17) is 23.2 Å². The lowest BCUT2D eigenvalue weighted by molar-refractivity contribution is -0.136. The number of likely N-dealkylation sites (N-methyl/N-ethyl adjacent to an activating group) is 2. The van der Waals surface area contributed by atoms with Crippen LogP contribution >= 0.6 is 23.2 Å². The van der Waals surface area contributed by atoms with Gasteiger partial charge in [-0.05, 0) is 57.0 Å². The molecule has 28 heavy (non-hydrogen) atoms. The second kappa shape index (κ2) is 9.47. The number of nitrogens with one attached hydrogen (secondary N) is 1. The Labute approximate surface area is 178 Å². The van der Waals surface area contributed by atoms with E-state index < -0.39 is 11.5 Å². The van der Waals surface area contributed by atoms with E-state index in [2.05, 4.69) is 19.2 Å². The van der Waals surface area contributed by atoms with Gasteiger partial charge in [0.05, 0.1) is 5.41 Å². The summed E-state index contributed by atoms with van der Waals surface area (Å²) in [7, 11) is 5.73. The summed E-state index contributed by atoms with van der Waals surface area (Å²) in [6.07, 6.45) is 2.04. The first-order valence-electron chi connectivity index (χ1n) is 9.73. The molecule has 1 N–H and O–H groups in total. The molecule has 0 aromatic heterocycles. The highest BCUT2D eigenvalue weighted by molar-refractivity contribution is 6.35. The summed E-state index contributed by atoms with van der Waals surface area (Å²) in [5.74, 6) is 0.101. The Morgan fingerprint density at radius 2 is 1.79 bits per heavy atom. The smallest absolute Gasteiger partial charge is 0.244 e. The molecule has 1 atom stereocenters. The Balaban J connectivity index is 2.15. The normalized spacial score (nSPS) is 16.2. The van der Waals surface area contributed by atoms with Crippen LogP contribution in [0.25, 0.3) is 0 Å². The van der Waals surface area contributed by atoms with Crippen LogP contribution < -0.4 is 5.32 Å². The van der Waals surface area contributed by atoms with Gasteiger partial charge >= 0.3 is 0 Å². The maximum atomic E-state index is 13.2. The fourth-order valence-electron chi connectivity index (χ4n) is 3.34. The minimum atomic E-state index is -0.653. The zero-order valence-corrected chi connectivity index (χ0v) is 18.9. The average Bonchev–Trinajstić information content (AvgIpc) is 3.39. The first kappa shape index (κ1) is 23.0. The summed E-state index contributed by atoms with van der Waals surface area (Å²) >= 11 is 12.4. The molecular weight excluding hydrogens is 397 g/mol. The molecule has 1 aromatic rings. The van der Waals surface area contributed by atoms with Crippen LogP contribution in [-0.4, -0.2) is 61.9 Å². The number of hydrogen-bond donors (Lipinski definition) is 1. The van der Waals surface area contributed by atoms with Crippen LogP contribution in [0.2, 0.25) is 10.0 Å². The Hall–Kier alpha value is -1.30. The maximum absolute atomic E-state index is 13.2. The molecule has 0 heterocycles. The molecule has 1 aliphatic carbocycles. The number of nitrogens with zero attached hydrogens (tertiary/aromatic N) is 2. The van der Waals surface area contributed by atoms with Crippen molar-refractivity contribution in [2.75, 3.05) is 34.2 Å². The average molecular weight is 428 g/mol. The Morgan fingerprint density at radius 1 is 1.14 bits per heavy atom. The topological polar surface area (TPSA) is 52.7 Å². The summed E-state index contributed by atoms with van der Waals surface area (Å²) < 4.78 is 0. The predicted molar refractivity (Wildman–Crippen MR) is 115 cm³/mol. The van der Waals surface area contributed by atoms with E-state index in [1.165, 1.54) is 0 Å². The molecule has 1 aromatic carbocycles. The highest BCUT2D eigenvalue weighted by atomic mass is 35.5. The van der Waals surface area contributed by atoms with Crippen molar-refractivity contribution in [1.29, 1.82) is 0 Å². The molecule has 0 aliphatic heterocycles. The van der Waals surface area contributed by atoms with E-state index in [0.717, 1.165) is 24.9 Å². The van der Waals surface area contributed by atoms with Crippen molar-refractivity contribution >= 4 is 35.0 Å². The quantitative estimate of drug-likeness (QED) is 0.654. The van der Waals surface area contributed by atoms with Crippen LogP contribution in [0.1, 0.15) is 38.7 Å². The highest BCUT2D eigenvalue weighted by Crippen LogP contribution is 2.51. The predicted octanol–water partition coefficient (Wildman–Crippen LogP) is 3.58. The zero-order chi connectivity index (χ0) is 21.1. The SMILES string of the molecule is CC(C)C[C@H](NC(=O)C1(c2ccc(Cl)cc2Cl)CC1)C(=O)N(C)CCN(C)C. The van der Waals surface area contributed by atoms with Gasteiger partial charge in [-0.2, -0.15) is 0 Å². The fraction of sp³-hybridized carbons (Fsp3) is 0.619. The third-order valence-electron chi connectivity index (χ3n) is 5.20. The van der Waals surface area contributed by atoms with E-state index >= 15 is 0 Å². The van der Waals surface area contributed by atoms with Crippen LogP contribution in [0.3, 0.4) is 0 Å². The molecule has 2 amide bonds. The monoisotopic (exact) mass is 427 g/mol. The molecule has 156 valence electrons. The van der Waals surface area contributed by atoms with Crippen molar-refractivity contribution in [3.8, 4) is 0 Å². The fourth-order valence-corrected chi connectivity index (χ4v) is 3.93. The first-order chi connectivity index (χ1) is 13.1. The van der Waals surface area contributed by atoms with Crippen molar-refractivity contribution in [3.63, 3.8) is 0 Å². The van der Waals surface area contributed by atoms with E-state index in [1.807, 2.05) is 25.1 Å². The summed E-state index contributed by atoms with van der Waals surface area (Å²) in [6, 6.07) is 4.70. The van der Waals surface area contributed by atoms with Crippen molar-refractivity contribution in [3.05, 3.63) is 33.8 Å². The van der Waals surface area contributed by atoms with Gasteiger partial charge in [0.15, 0.2) is 0 Å². The standard InChI is InChI=1S/C21H31Cl2N3O2/c1-14(2)12-18(19(27)26(5)11-10-25(3)4)24-20(28)21(8-9-21)16-7-6-15(22)13-17(16)23/h6-7,13-14,18H,8-12H2,1-5H3,(H,24,28)/t18-/m0/s1. The number of amides is 2. The van der Waals surface area contributed by atoms with Crippen molar-refractivity contribution in [1.82, 2.24) is 15.1 Å². The van der Waals surface area contributed by atoms with Gasteiger partial charge in [0.25, 0.3) is 0 Å². The van der Waals surface area contributed by atoms with Crippen LogP contribution in [0, 0.1) is 5.92 Å². The Bertz CT molecular complexity index is 718. The van der Waals surface area contributed by atoms with Crippen LogP contribution in [0.4, 0.5) is 0 Å². The van der Waals surface area contributed by atoms with Crippen LogP contribution in [0.5, 0.6) is 0 Å². The minimum Gasteiger partial charge on any atom is -0.344 e. The number of rotatable bonds is 9. The third kappa shape index (κ3) is 5.62.